The number of amides is 1. The Labute approximate surface area is 171 Å². The molecule has 146 valence electrons. The number of aliphatic imine (C=N–C) groups is 1. The Hall–Kier alpha value is -3.40. The molecule has 1 amide bonds. The van der Waals surface area contributed by atoms with E-state index in [0.29, 0.717) is 31.3 Å². The number of amidine groups is 1. The summed E-state index contributed by atoms with van der Waals surface area (Å²) >= 11 is 0. The average molecular weight is 384 g/mol. The van der Waals surface area contributed by atoms with Crippen LogP contribution in [0.15, 0.2) is 83.9 Å². The van der Waals surface area contributed by atoms with E-state index in [2.05, 4.69) is 46.3 Å². The number of nitrogens with zero attached hydrogens (tertiary/aromatic N) is 2. The van der Waals surface area contributed by atoms with Crippen LogP contribution in [0.1, 0.15) is 34.8 Å². The van der Waals surface area contributed by atoms with Crippen LogP contribution in [0.3, 0.4) is 0 Å². The molecule has 3 aromatic rings. The van der Waals surface area contributed by atoms with Crippen molar-refractivity contribution >= 4 is 11.9 Å². The molecule has 0 spiro atoms. The highest BCUT2D eigenvalue weighted by molar-refractivity contribution is 6.01. The van der Waals surface area contributed by atoms with Crippen LogP contribution in [0.5, 0.6) is 0 Å². The van der Waals surface area contributed by atoms with Gasteiger partial charge in [0, 0.05) is 18.7 Å². The predicted octanol–water partition coefficient (Wildman–Crippen LogP) is 5.29. The van der Waals surface area contributed by atoms with Gasteiger partial charge in [0.25, 0.3) is 11.9 Å². The van der Waals surface area contributed by atoms with E-state index in [1.165, 1.54) is 22.3 Å². The maximum atomic E-state index is 12.7. The maximum Gasteiger partial charge on any atom is 0.296 e. The molecule has 0 aliphatic carbocycles. The molecule has 1 aliphatic heterocycles. The third kappa shape index (κ3) is 4.21. The van der Waals surface area contributed by atoms with E-state index in [-0.39, 0.29) is 5.91 Å². The van der Waals surface area contributed by atoms with Crippen LogP contribution in [0.4, 0.5) is 0 Å². The highest BCUT2D eigenvalue weighted by Gasteiger charge is 2.23. The summed E-state index contributed by atoms with van der Waals surface area (Å²) in [6.45, 7) is 3.83. The summed E-state index contributed by atoms with van der Waals surface area (Å²) in [5.74, 6) is -0.289. The average Bonchev–Trinajstić information content (AvgIpc) is 2.94. The van der Waals surface area contributed by atoms with E-state index in [9.17, 15) is 4.79 Å². The van der Waals surface area contributed by atoms with Gasteiger partial charge in [0.2, 0.25) is 0 Å². The fourth-order valence-corrected chi connectivity index (χ4v) is 3.56. The molecule has 0 saturated carbocycles. The van der Waals surface area contributed by atoms with Gasteiger partial charge in [-0.2, -0.15) is 4.99 Å². The van der Waals surface area contributed by atoms with E-state index in [1.54, 1.807) is 12.1 Å². The first-order valence-electron chi connectivity index (χ1n) is 9.98. The molecular weight excluding hydrogens is 360 g/mol. The van der Waals surface area contributed by atoms with Gasteiger partial charge in [0.15, 0.2) is 0 Å². The molecule has 0 atom stereocenters. The summed E-state index contributed by atoms with van der Waals surface area (Å²) in [7, 11) is 0. The number of hydrogen-bond acceptors (Lipinski definition) is 2. The monoisotopic (exact) mass is 384 g/mol. The molecular formula is C25H24N2O2. The standard InChI is InChI=1S/C25H24N2O2/c1-2-16-29-25(26-24(28)19-10-4-3-5-11-19)27-17-20-12-6-8-14-22(20)23-15-9-7-13-21(23)18-27/h3-15H,2,16-18H2,1H3. The minimum atomic E-state index is -0.289. The molecule has 1 aliphatic rings. The Morgan fingerprint density at radius 3 is 2.00 bits per heavy atom. The van der Waals surface area contributed by atoms with Crippen LogP contribution in [-0.4, -0.2) is 23.4 Å². The third-order valence-electron chi connectivity index (χ3n) is 4.97. The second-order valence-electron chi connectivity index (χ2n) is 7.08. The van der Waals surface area contributed by atoms with Crippen molar-refractivity contribution in [3.8, 4) is 11.1 Å². The van der Waals surface area contributed by atoms with Crippen LogP contribution in [0.2, 0.25) is 0 Å². The van der Waals surface area contributed by atoms with E-state index in [1.807, 2.05) is 37.3 Å². The molecule has 4 nitrogen and oxygen atoms in total. The molecule has 0 saturated heterocycles. The molecule has 4 rings (SSSR count). The minimum absolute atomic E-state index is 0.289. The Bertz CT molecular complexity index is 980. The lowest BCUT2D eigenvalue weighted by atomic mass is 9.97. The van der Waals surface area contributed by atoms with E-state index in [4.69, 9.17) is 4.74 Å². The summed E-state index contributed by atoms with van der Waals surface area (Å²) in [6.07, 6.45) is 0.847. The van der Waals surface area contributed by atoms with Gasteiger partial charge in [0.05, 0.1) is 6.61 Å². The van der Waals surface area contributed by atoms with Crippen LogP contribution < -0.4 is 0 Å². The summed E-state index contributed by atoms with van der Waals surface area (Å²) < 4.78 is 5.96. The van der Waals surface area contributed by atoms with Crippen LogP contribution in [0.25, 0.3) is 11.1 Å². The van der Waals surface area contributed by atoms with Crippen LogP contribution in [0, 0.1) is 0 Å². The molecule has 0 N–H and O–H groups in total. The van der Waals surface area contributed by atoms with Crippen molar-refractivity contribution < 1.29 is 9.53 Å². The first kappa shape index (κ1) is 18.9. The topological polar surface area (TPSA) is 41.9 Å². The Morgan fingerprint density at radius 1 is 0.862 bits per heavy atom. The quantitative estimate of drug-likeness (QED) is 0.455. The summed E-state index contributed by atoms with van der Waals surface area (Å²) in [5.41, 5.74) is 5.38. The number of ether oxygens (including phenoxy) is 1. The van der Waals surface area contributed by atoms with Crippen LogP contribution in [-0.2, 0) is 17.8 Å². The van der Waals surface area contributed by atoms with Crippen molar-refractivity contribution in [1.82, 2.24) is 4.90 Å². The smallest absolute Gasteiger partial charge is 0.296 e. The fourth-order valence-electron chi connectivity index (χ4n) is 3.56. The molecule has 0 radical (unpaired) electrons. The normalized spacial score (nSPS) is 13.3. The van der Waals surface area contributed by atoms with Crippen molar-refractivity contribution in [3.63, 3.8) is 0 Å². The van der Waals surface area contributed by atoms with Gasteiger partial charge in [-0.05, 0) is 40.8 Å². The van der Waals surface area contributed by atoms with Crippen molar-refractivity contribution in [3.05, 3.63) is 95.6 Å². The fraction of sp³-hybridized carbons (Fsp3) is 0.200. The third-order valence-corrected chi connectivity index (χ3v) is 4.97. The minimum Gasteiger partial charge on any atom is -0.465 e. The second kappa shape index (κ2) is 8.74. The van der Waals surface area contributed by atoms with Gasteiger partial charge in [-0.15, -0.1) is 0 Å². The van der Waals surface area contributed by atoms with Crippen molar-refractivity contribution in [1.29, 1.82) is 0 Å². The Balaban J connectivity index is 1.73. The molecule has 0 bridgehead atoms. The molecule has 0 fully saturated rings. The number of fused-ring (bicyclic) bond motifs is 3. The zero-order chi connectivity index (χ0) is 20.1. The first-order valence-corrected chi connectivity index (χ1v) is 9.98. The van der Waals surface area contributed by atoms with Crippen LogP contribution >= 0.6 is 0 Å². The largest absolute Gasteiger partial charge is 0.465 e. The molecule has 0 unspecified atom stereocenters. The molecule has 29 heavy (non-hydrogen) atoms. The zero-order valence-electron chi connectivity index (χ0n) is 16.5. The summed E-state index contributed by atoms with van der Waals surface area (Å²) in [5, 5.41) is 0. The Kier molecular flexibility index (Phi) is 5.71. The lowest BCUT2D eigenvalue weighted by molar-refractivity contribution is 0.0992. The van der Waals surface area contributed by atoms with Crippen molar-refractivity contribution in [2.45, 2.75) is 26.4 Å². The number of benzene rings is 3. The number of carbonyl (C=O) groups is 1. The highest BCUT2D eigenvalue weighted by Crippen LogP contribution is 2.32. The van der Waals surface area contributed by atoms with Gasteiger partial charge in [-0.25, -0.2) is 0 Å². The summed E-state index contributed by atoms with van der Waals surface area (Å²) in [4.78, 5) is 19.2. The molecule has 0 aromatic heterocycles. The number of rotatable bonds is 3. The first-order chi connectivity index (χ1) is 14.3. The summed E-state index contributed by atoms with van der Waals surface area (Å²) in [6, 6.07) is 26.3. The maximum absolute atomic E-state index is 12.7. The van der Waals surface area contributed by atoms with Gasteiger partial charge in [0.1, 0.15) is 0 Å². The predicted molar refractivity (Wildman–Crippen MR) is 116 cm³/mol. The van der Waals surface area contributed by atoms with Gasteiger partial charge in [-0.3, -0.25) is 4.79 Å². The lowest BCUT2D eigenvalue weighted by Crippen LogP contribution is -2.32. The van der Waals surface area contributed by atoms with Crippen molar-refractivity contribution in [2.75, 3.05) is 6.61 Å². The zero-order valence-corrected chi connectivity index (χ0v) is 16.5. The highest BCUT2D eigenvalue weighted by atomic mass is 16.5. The number of hydrogen-bond donors (Lipinski definition) is 0. The number of carbonyl (C=O) groups excluding carboxylic acids is 1. The molecule has 3 aromatic carbocycles. The molecule has 1 heterocycles. The Morgan fingerprint density at radius 2 is 1.41 bits per heavy atom. The second-order valence-corrected chi connectivity index (χ2v) is 7.08. The SMILES string of the molecule is CCCOC(=NC(=O)c1ccccc1)N1Cc2ccccc2-c2ccccc2C1. The molecule has 4 heteroatoms. The van der Waals surface area contributed by atoms with Gasteiger partial charge >= 0.3 is 0 Å². The van der Waals surface area contributed by atoms with E-state index >= 15 is 0 Å². The van der Waals surface area contributed by atoms with E-state index in [0.717, 1.165) is 6.42 Å². The van der Waals surface area contributed by atoms with Gasteiger partial charge in [-0.1, -0.05) is 73.7 Å². The lowest BCUT2D eigenvalue weighted by Gasteiger charge is -2.24. The van der Waals surface area contributed by atoms with Crippen molar-refractivity contribution in [2.24, 2.45) is 4.99 Å². The van der Waals surface area contributed by atoms with Gasteiger partial charge < -0.3 is 9.64 Å². The van der Waals surface area contributed by atoms with E-state index < -0.39 is 0 Å².